The lowest BCUT2D eigenvalue weighted by molar-refractivity contribution is -0.108. The third-order valence-corrected chi connectivity index (χ3v) is 7.59. The van der Waals surface area contributed by atoms with Crippen LogP contribution in [-0.4, -0.2) is 49.0 Å². The molecule has 1 N–H and O–H groups in total. The molecule has 2 heterocycles. The average molecular weight is 504 g/mol. The van der Waals surface area contributed by atoms with Crippen molar-refractivity contribution in [1.29, 1.82) is 5.26 Å². The van der Waals surface area contributed by atoms with Crippen molar-refractivity contribution in [3.63, 3.8) is 0 Å². The zero-order chi connectivity index (χ0) is 26.0. The molecule has 1 saturated heterocycles. The molecular formula is C30H38FN5O. The van der Waals surface area contributed by atoms with E-state index in [0.29, 0.717) is 18.3 Å². The van der Waals surface area contributed by atoms with E-state index in [1.165, 1.54) is 36.7 Å². The molecule has 2 aliphatic carbocycles. The van der Waals surface area contributed by atoms with E-state index >= 15 is 0 Å². The third-order valence-electron chi connectivity index (χ3n) is 7.59. The quantitative estimate of drug-likeness (QED) is 0.500. The van der Waals surface area contributed by atoms with Gasteiger partial charge in [-0.15, -0.1) is 0 Å². The number of aliphatic imine (C=N–C) groups is 2. The lowest BCUT2D eigenvalue weighted by Gasteiger charge is -2.37. The summed E-state index contributed by atoms with van der Waals surface area (Å²) in [6, 6.07) is 10.5. The highest BCUT2D eigenvalue weighted by atomic mass is 19.1. The highest BCUT2D eigenvalue weighted by Gasteiger charge is 2.31. The Bertz CT molecular complexity index is 1070. The first-order chi connectivity index (χ1) is 18.1. The second-order valence-electron chi connectivity index (χ2n) is 10.3. The fourth-order valence-corrected chi connectivity index (χ4v) is 5.19. The van der Waals surface area contributed by atoms with Crippen molar-refractivity contribution in [1.82, 2.24) is 10.2 Å². The molecule has 1 saturated carbocycles. The standard InChI is InChI=1S/C26H32FN5.C4H6O/c1-2-25-23(26(31-18-30-25)32-13-4-3-5-14-32)17-29-16-19-9-11-20(12-10-19)21-7-6-8-24(27)22(21)15-28;5-3-4-1-2-4/h6,8-12,18,21,23,25,29H,2-5,7,13-14,16-17H2,1H3;3-4H,1-2H2. The van der Waals surface area contributed by atoms with Gasteiger partial charge in [0.25, 0.3) is 0 Å². The summed E-state index contributed by atoms with van der Waals surface area (Å²) >= 11 is 0. The number of rotatable bonds is 7. The number of piperidine rings is 1. The molecule has 2 fully saturated rings. The fraction of sp³-hybridized carbons (Fsp3) is 0.533. The average Bonchev–Trinajstić information content (AvgIpc) is 3.79. The van der Waals surface area contributed by atoms with Gasteiger partial charge in [-0.2, -0.15) is 5.26 Å². The van der Waals surface area contributed by atoms with Crippen molar-refractivity contribution in [2.45, 2.75) is 70.4 Å². The molecule has 0 bridgehead atoms. The molecule has 37 heavy (non-hydrogen) atoms. The largest absolute Gasteiger partial charge is 0.360 e. The molecule has 1 aromatic rings. The van der Waals surface area contributed by atoms with Gasteiger partial charge < -0.3 is 15.0 Å². The van der Waals surface area contributed by atoms with E-state index in [1.54, 1.807) is 12.4 Å². The van der Waals surface area contributed by atoms with Crippen LogP contribution in [0.1, 0.15) is 68.9 Å². The minimum absolute atomic E-state index is 0.194. The van der Waals surface area contributed by atoms with Gasteiger partial charge in [-0.05, 0) is 62.1 Å². The van der Waals surface area contributed by atoms with Crippen LogP contribution in [0.15, 0.2) is 57.8 Å². The molecular weight excluding hydrogens is 465 g/mol. The lowest BCUT2D eigenvalue weighted by Crippen LogP contribution is -2.48. The highest BCUT2D eigenvalue weighted by molar-refractivity contribution is 5.93. The number of hydrogen-bond acceptors (Lipinski definition) is 6. The lowest BCUT2D eigenvalue weighted by atomic mass is 9.85. The van der Waals surface area contributed by atoms with Crippen LogP contribution in [0, 0.1) is 23.2 Å². The van der Waals surface area contributed by atoms with Crippen LogP contribution in [0.2, 0.25) is 0 Å². The van der Waals surface area contributed by atoms with Crippen LogP contribution in [0.4, 0.5) is 4.39 Å². The normalized spacial score (nSPS) is 25.2. The van der Waals surface area contributed by atoms with Crippen molar-refractivity contribution in [3.8, 4) is 6.07 Å². The van der Waals surface area contributed by atoms with Gasteiger partial charge in [-0.1, -0.05) is 37.3 Å². The number of halogens is 1. The van der Waals surface area contributed by atoms with Crippen molar-refractivity contribution in [2.24, 2.45) is 21.8 Å². The zero-order valence-corrected chi connectivity index (χ0v) is 21.8. The molecule has 0 amide bonds. The Morgan fingerprint density at radius 2 is 1.95 bits per heavy atom. The first-order valence-electron chi connectivity index (χ1n) is 13.7. The first-order valence-corrected chi connectivity index (χ1v) is 13.7. The number of nitrogens with zero attached hydrogens (tertiary/aromatic N) is 4. The Balaban J connectivity index is 0.000000572. The number of amidine groups is 1. The number of nitrogens with one attached hydrogen (secondary N) is 1. The van der Waals surface area contributed by atoms with Crippen molar-refractivity contribution < 1.29 is 9.18 Å². The summed E-state index contributed by atoms with van der Waals surface area (Å²) < 4.78 is 14.0. The topological polar surface area (TPSA) is 80.8 Å². The summed E-state index contributed by atoms with van der Waals surface area (Å²) in [6.45, 7) is 5.98. The van der Waals surface area contributed by atoms with E-state index in [-0.39, 0.29) is 17.5 Å². The number of nitriles is 1. The summed E-state index contributed by atoms with van der Waals surface area (Å²) in [6.07, 6.45) is 13.7. The van der Waals surface area contributed by atoms with E-state index in [0.717, 1.165) is 57.3 Å². The molecule has 0 radical (unpaired) electrons. The molecule has 2 aliphatic heterocycles. The molecule has 1 aromatic carbocycles. The van der Waals surface area contributed by atoms with Crippen molar-refractivity contribution in [3.05, 3.63) is 58.9 Å². The van der Waals surface area contributed by atoms with Gasteiger partial charge in [0.05, 0.1) is 23.6 Å². The van der Waals surface area contributed by atoms with Gasteiger partial charge in [0, 0.05) is 38.0 Å². The highest BCUT2D eigenvalue weighted by Crippen LogP contribution is 2.34. The SMILES string of the molecule is CCC1N=CN=C(N2CCCCC2)C1CNCc1ccc(C2CC=CC(F)=C2C#N)cc1.O=CC1CC1. The molecule has 5 rings (SSSR count). The number of aldehydes is 1. The monoisotopic (exact) mass is 503 g/mol. The molecule has 196 valence electrons. The fourth-order valence-electron chi connectivity index (χ4n) is 5.19. The minimum atomic E-state index is -0.415. The molecule has 3 unspecified atom stereocenters. The Hall–Kier alpha value is -3.11. The molecule has 4 aliphatic rings. The minimum Gasteiger partial charge on any atom is -0.360 e. The second-order valence-corrected chi connectivity index (χ2v) is 10.3. The second kappa shape index (κ2) is 13.4. The van der Waals surface area contributed by atoms with Crippen LogP contribution in [0.25, 0.3) is 0 Å². The summed E-state index contributed by atoms with van der Waals surface area (Å²) in [5.41, 5.74) is 2.38. The number of benzene rings is 1. The van der Waals surface area contributed by atoms with Crippen LogP contribution in [0.3, 0.4) is 0 Å². The van der Waals surface area contributed by atoms with Gasteiger partial charge >= 0.3 is 0 Å². The van der Waals surface area contributed by atoms with Crippen molar-refractivity contribution >= 4 is 18.5 Å². The van der Waals surface area contributed by atoms with Gasteiger partial charge in [-0.3, -0.25) is 4.99 Å². The predicted octanol–water partition coefficient (Wildman–Crippen LogP) is 5.48. The van der Waals surface area contributed by atoms with E-state index in [9.17, 15) is 14.4 Å². The number of carbonyl (C=O) groups excluding carboxylic acids is 1. The van der Waals surface area contributed by atoms with Gasteiger partial charge in [-0.25, -0.2) is 9.38 Å². The smallest absolute Gasteiger partial charge is 0.137 e. The summed E-state index contributed by atoms with van der Waals surface area (Å²) in [5.74, 6) is 1.33. The third kappa shape index (κ3) is 7.23. The van der Waals surface area contributed by atoms with Gasteiger partial charge in [0.15, 0.2) is 0 Å². The molecule has 0 aromatic heterocycles. The maximum atomic E-state index is 14.0. The van der Waals surface area contributed by atoms with E-state index in [2.05, 4.69) is 39.3 Å². The summed E-state index contributed by atoms with van der Waals surface area (Å²) in [7, 11) is 0. The number of carbonyl (C=O) groups is 1. The van der Waals surface area contributed by atoms with E-state index < -0.39 is 5.83 Å². The van der Waals surface area contributed by atoms with Gasteiger partial charge in [0.2, 0.25) is 0 Å². The predicted molar refractivity (Wildman–Crippen MR) is 146 cm³/mol. The number of likely N-dealkylation sites (tertiary alicyclic amines) is 1. The summed E-state index contributed by atoms with van der Waals surface area (Å²) in [5, 5.41) is 12.9. The zero-order valence-electron chi connectivity index (χ0n) is 21.8. The van der Waals surface area contributed by atoms with Crippen molar-refractivity contribution in [2.75, 3.05) is 19.6 Å². The molecule has 3 atom stereocenters. The molecule has 6 nitrogen and oxygen atoms in total. The van der Waals surface area contributed by atoms with E-state index in [4.69, 9.17) is 0 Å². The van der Waals surface area contributed by atoms with Crippen LogP contribution < -0.4 is 5.32 Å². The molecule has 7 heteroatoms. The summed E-state index contributed by atoms with van der Waals surface area (Å²) in [4.78, 5) is 21.3. The Morgan fingerprint density at radius 1 is 1.19 bits per heavy atom. The van der Waals surface area contributed by atoms with Gasteiger partial charge in [0.1, 0.15) is 24.3 Å². The molecule has 0 spiro atoms. The maximum absolute atomic E-state index is 14.0. The maximum Gasteiger partial charge on any atom is 0.137 e. The Labute approximate surface area is 220 Å². The Morgan fingerprint density at radius 3 is 2.57 bits per heavy atom. The van der Waals surface area contributed by atoms with Crippen LogP contribution >= 0.6 is 0 Å². The number of hydrogen-bond donors (Lipinski definition) is 1. The van der Waals surface area contributed by atoms with E-state index in [1.807, 2.05) is 18.2 Å². The Kier molecular flexibility index (Phi) is 9.78. The number of allylic oxidation sites excluding steroid dienone is 4. The van der Waals surface area contributed by atoms with Crippen LogP contribution in [0.5, 0.6) is 0 Å². The first kappa shape index (κ1) is 26.9. The van der Waals surface area contributed by atoms with Crippen LogP contribution in [-0.2, 0) is 11.3 Å².